The summed E-state index contributed by atoms with van der Waals surface area (Å²) in [4.78, 5) is 0. The van der Waals surface area contributed by atoms with Gasteiger partial charge in [-0.25, -0.2) is 4.39 Å². The summed E-state index contributed by atoms with van der Waals surface area (Å²) in [6.45, 7) is 3.41. The fraction of sp³-hybridized carbons (Fsp3) is 0.364. The Kier molecular flexibility index (Phi) is 4.27. The number of nitrogens with zero attached hydrogens (tertiary/aromatic N) is 2. The van der Waals surface area contributed by atoms with Gasteiger partial charge < -0.3 is 0 Å². The molecule has 0 aromatic heterocycles. The molecule has 0 aliphatic carbocycles. The summed E-state index contributed by atoms with van der Waals surface area (Å²) in [6, 6.07) is 5.16. The Labute approximate surface area is 106 Å². The fourth-order valence-corrected chi connectivity index (χ4v) is 2.36. The van der Waals surface area contributed by atoms with Crippen molar-refractivity contribution in [3.05, 3.63) is 29.6 Å². The fourth-order valence-electron chi connectivity index (χ4n) is 1.21. The van der Waals surface area contributed by atoms with Gasteiger partial charge in [0.05, 0.1) is 5.69 Å². The molecule has 0 fully saturated rings. The third kappa shape index (κ3) is 2.97. The molecule has 0 aliphatic heterocycles. The molecule has 1 aromatic carbocycles. The first-order valence-corrected chi connectivity index (χ1v) is 6.68. The zero-order chi connectivity index (χ0) is 13.9. The topological polar surface area (TPSA) is 73.2 Å². The first-order chi connectivity index (χ1) is 8.29. The Bertz CT molecular complexity index is 578. The van der Waals surface area contributed by atoms with Gasteiger partial charge in [-0.1, -0.05) is 6.07 Å². The number of nitrogens with one attached hydrogen (secondary N) is 1. The third-order valence-electron chi connectivity index (χ3n) is 2.47. The summed E-state index contributed by atoms with van der Waals surface area (Å²) < 4.78 is 40.4. The second-order valence-electron chi connectivity index (χ2n) is 3.99. The van der Waals surface area contributed by atoms with Crippen LogP contribution in [0.15, 0.2) is 18.2 Å². The van der Waals surface area contributed by atoms with Crippen molar-refractivity contribution >= 4 is 15.9 Å². The van der Waals surface area contributed by atoms with Crippen molar-refractivity contribution in [2.45, 2.75) is 19.9 Å². The minimum atomic E-state index is -3.80. The molecule has 0 amide bonds. The minimum Gasteiger partial charge on any atom is -0.269 e. The van der Waals surface area contributed by atoms with Crippen molar-refractivity contribution in [2.24, 2.45) is 0 Å². The van der Waals surface area contributed by atoms with Gasteiger partial charge in [0, 0.05) is 13.1 Å². The lowest BCUT2D eigenvalue weighted by Gasteiger charge is -2.22. The molecule has 7 heteroatoms. The van der Waals surface area contributed by atoms with Crippen molar-refractivity contribution in [3.63, 3.8) is 0 Å². The first-order valence-electron chi connectivity index (χ1n) is 5.24. The van der Waals surface area contributed by atoms with Crippen molar-refractivity contribution in [1.82, 2.24) is 4.31 Å². The second kappa shape index (κ2) is 5.33. The summed E-state index contributed by atoms with van der Waals surface area (Å²) in [5, 5.41) is 8.81. The van der Waals surface area contributed by atoms with Crippen LogP contribution in [0.5, 0.6) is 0 Å². The first kappa shape index (κ1) is 14.4. The number of nitriles is 1. The number of hydrogen-bond donors (Lipinski definition) is 1. The molecular formula is C11H14FN3O2S. The van der Waals surface area contributed by atoms with E-state index < -0.39 is 16.0 Å². The van der Waals surface area contributed by atoms with E-state index in [9.17, 15) is 12.8 Å². The Hall–Kier alpha value is -1.65. The van der Waals surface area contributed by atoms with Crippen LogP contribution in [-0.4, -0.2) is 25.8 Å². The zero-order valence-corrected chi connectivity index (χ0v) is 11.1. The lowest BCUT2D eigenvalue weighted by molar-refractivity contribution is 0.414. The van der Waals surface area contributed by atoms with Crippen LogP contribution in [0, 0.1) is 17.1 Å². The van der Waals surface area contributed by atoms with E-state index in [1.807, 2.05) is 0 Å². The van der Waals surface area contributed by atoms with Crippen LogP contribution in [0.1, 0.15) is 19.4 Å². The van der Waals surface area contributed by atoms with Gasteiger partial charge in [0.25, 0.3) is 0 Å². The Morgan fingerprint density at radius 1 is 1.44 bits per heavy atom. The molecule has 0 aliphatic rings. The average molecular weight is 271 g/mol. The van der Waals surface area contributed by atoms with Crippen molar-refractivity contribution in [3.8, 4) is 6.07 Å². The maximum absolute atomic E-state index is 13.3. The number of benzene rings is 1. The lowest BCUT2D eigenvalue weighted by Crippen LogP contribution is -2.37. The van der Waals surface area contributed by atoms with Gasteiger partial charge >= 0.3 is 10.2 Å². The van der Waals surface area contributed by atoms with E-state index in [0.29, 0.717) is 0 Å². The Balaban J connectivity index is 3.14. The van der Waals surface area contributed by atoms with Gasteiger partial charge in [-0.2, -0.15) is 18.0 Å². The molecule has 0 heterocycles. The minimum absolute atomic E-state index is 0.0648. The van der Waals surface area contributed by atoms with Gasteiger partial charge in [0.15, 0.2) is 0 Å². The van der Waals surface area contributed by atoms with E-state index in [1.165, 1.54) is 19.2 Å². The number of rotatable bonds is 4. The Morgan fingerprint density at radius 3 is 2.56 bits per heavy atom. The van der Waals surface area contributed by atoms with E-state index in [-0.39, 0.29) is 17.3 Å². The van der Waals surface area contributed by atoms with Gasteiger partial charge in [-0.15, -0.1) is 0 Å². The van der Waals surface area contributed by atoms with Crippen LogP contribution >= 0.6 is 0 Å². The van der Waals surface area contributed by atoms with Crippen LogP contribution < -0.4 is 4.72 Å². The van der Waals surface area contributed by atoms with Crippen LogP contribution in [0.3, 0.4) is 0 Å². The smallest absolute Gasteiger partial charge is 0.269 e. The molecule has 1 N–H and O–H groups in total. The summed E-state index contributed by atoms with van der Waals surface area (Å²) in [5.74, 6) is -0.759. The maximum Gasteiger partial charge on any atom is 0.301 e. The second-order valence-corrected chi connectivity index (χ2v) is 5.72. The molecule has 1 rings (SSSR count). The van der Waals surface area contributed by atoms with Crippen LogP contribution in [0.4, 0.5) is 10.1 Å². The SMILES string of the molecule is CC(C)N(C)S(=O)(=O)Nc1cccc(F)c1C#N. The van der Waals surface area contributed by atoms with E-state index in [0.717, 1.165) is 10.4 Å². The molecule has 0 spiro atoms. The zero-order valence-electron chi connectivity index (χ0n) is 10.3. The molecule has 18 heavy (non-hydrogen) atoms. The number of hydrogen-bond acceptors (Lipinski definition) is 3. The number of halogens is 1. The monoisotopic (exact) mass is 271 g/mol. The van der Waals surface area contributed by atoms with E-state index >= 15 is 0 Å². The molecule has 0 bridgehead atoms. The summed E-state index contributed by atoms with van der Waals surface area (Å²) in [6.07, 6.45) is 0. The number of anilines is 1. The lowest BCUT2D eigenvalue weighted by atomic mass is 10.2. The quantitative estimate of drug-likeness (QED) is 0.905. The highest BCUT2D eigenvalue weighted by molar-refractivity contribution is 7.90. The van der Waals surface area contributed by atoms with E-state index in [1.54, 1.807) is 19.9 Å². The maximum atomic E-state index is 13.3. The van der Waals surface area contributed by atoms with Gasteiger partial charge in [-0.05, 0) is 26.0 Å². The van der Waals surface area contributed by atoms with Crippen molar-refractivity contribution in [2.75, 3.05) is 11.8 Å². The standard InChI is InChI=1S/C11H14FN3O2S/c1-8(2)15(3)18(16,17)14-11-6-4-5-10(12)9(11)7-13/h4-6,8,14H,1-3H3. The highest BCUT2D eigenvalue weighted by Crippen LogP contribution is 2.20. The predicted molar refractivity (Wildman–Crippen MR) is 66.6 cm³/mol. The van der Waals surface area contributed by atoms with Crippen LogP contribution in [-0.2, 0) is 10.2 Å². The highest BCUT2D eigenvalue weighted by atomic mass is 32.2. The van der Waals surface area contributed by atoms with Gasteiger partial charge in [0.2, 0.25) is 0 Å². The summed E-state index contributed by atoms with van der Waals surface area (Å²) in [7, 11) is -2.40. The summed E-state index contributed by atoms with van der Waals surface area (Å²) in [5.41, 5.74) is -0.386. The van der Waals surface area contributed by atoms with E-state index in [4.69, 9.17) is 5.26 Å². The largest absolute Gasteiger partial charge is 0.301 e. The molecule has 1 aromatic rings. The van der Waals surface area contributed by atoms with Crippen LogP contribution in [0.25, 0.3) is 0 Å². The van der Waals surface area contributed by atoms with Crippen molar-refractivity contribution in [1.29, 1.82) is 5.26 Å². The molecule has 0 saturated carbocycles. The normalized spacial score (nSPS) is 11.6. The van der Waals surface area contributed by atoms with Crippen LogP contribution in [0.2, 0.25) is 0 Å². The molecule has 0 radical (unpaired) electrons. The molecule has 0 saturated heterocycles. The molecular weight excluding hydrogens is 257 g/mol. The Morgan fingerprint density at radius 2 is 2.06 bits per heavy atom. The molecule has 0 unspecified atom stereocenters. The summed E-state index contributed by atoms with van der Waals surface area (Å²) >= 11 is 0. The van der Waals surface area contributed by atoms with Gasteiger partial charge in [0.1, 0.15) is 17.4 Å². The van der Waals surface area contributed by atoms with Crippen molar-refractivity contribution < 1.29 is 12.8 Å². The predicted octanol–water partition coefficient (Wildman–Crippen LogP) is 1.69. The van der Waals surface area contributed by atoms with E-state index in [2.05, 4.69) is 4.72 Å². The molecule has 0 atom stereocenters. The average Bonchev–Trinajstić information content (AvgIpc) is 2.27. The molecule has 98 valence electrons. The van der Waals surface area contributed by atoms with Gasteiger partial charge in [-0.3, -0.25) is 4.72 Å². The molecule has 5 nitrogen and oxygen atoms in total. The third-order valence-corrected chi connectivity index (χ3v) is 4.13. The highest BCUT2D eigenvalue weighted by Gasteiger charge is 2.22.